The summed E-state index contributed by atoms with van der Waals surface area (Å²) < 4.78 is 5.45. The van der Waals surface area contributed by atoms with Crippen molar-refractivity contribution >= 4 is 11.9 Å². The highest BCUT2D eigenvalue weighted by Crippen LogP contribution is 2.28. The first-order valence-corrected chi connectivity index (χ1v) is 6.80. The molecule has 2 unspecified atom stereocenters. The molecule has 0 radical (unpaired) electrons. The summed E-state index contributed by atoms with van der Waals surface area (Å²) in [5.74, 6) is -0.878. The maximum Gasteiger partial charge on any atom is 0.335 e. The quantitative estimate of drug-likeness (QED) is 0.891. The fourth-order valence-corrected chi connectivity index (χ4v) is 2.93. The minimum atomic E-state index is -0.935. The molecule has 0 spiro atoms. The zero-order valence-corrected chi connectivity index (χ0v) is 11.3. The summed E-state index contributed by atoms with van der Waals surface area (Å²) >= 11 is 0. The van der Waals surface area contributed by atoms with Gasteiger partial charge in [0.15, 0.2) is 0 Å². The van der Waals surface area contributed by atoms with E-state index in [0.29, 0.717) is 19.7 Å². The number of rotatable bonds is 2. The molecule has 5 heteroatoms. The number of benzene rings is 1. The van der Waals surface area contributed by atoms with Crippen molar-refractivity contribution in [2.75, 3.05) is 6.61 Å². The molecule has 0 aromatic heterocycles. The monoisotopic (exact) mass is 275 g/mol. The molecular formula is C15H17NO4. The minimum Gasteiger partial charge on any atom is -0.478 e. The number of fused-ring (bicyclic) bond motifs is 1. The van der Waals surface area contributed by atoms with Gasteiger partial charge < -0.3 is 14.7 Å². The Kier molecular flexibility index (Phi) is 3.22. The highest BCUT2D eigenvalue weighted by Gasteiger charge is 2.34. The summed E-state index contributed by atoms with van der Waals surface area (Å²) in [5, 5.41) is 9.00. The van der Waals surface area contributed by atoms with Crippen molar-refractivity contribution < 1.29 is 19.4 Å². The number of amides is 1. The highest BCUT2D eigenvalue weighted by molar-refractivity contribution is 5.88. The first-order valence-electron chi connectivity index (χ1n) is 6.80. The molecule has 0 saturated carbocycles. The van der Waals surface area contributed by atoms with Crippen LogP contribution in [0.5, 0.6) is 0 Å². The van der Waals surface area contributed by atoms with Crippen LogP contribution in [0, 0.1) is 5.92 Å². The Labute approximate surface area is 117 Å². The van der Waals surface area contributed by atoms with E-state index in [1.54, 1.807) is 23.1 Å². The molecule has 3 rings (SSSR count). The fourth-order valence-electron chi connectivity index (χ4n) is 2.93. The third-order valence-electron chi connectivity index (χ3n) is 4.03. The number of carbonyl (C=O) groups excluding carboxylic acids is 1. The molecule has 106 valence electrons. The number of carboxylic acids is 1. The highest BCUT2D eigenvalue weighted by atomic mass is 16.5. The van der Waals surface area contributed by atoms with Gasteiger partial charge >= 0.3 is 5.97 Å². The van der Waals surface area contributed by atoms with Crippen LogP contribution in [0.4, 0.5) is 0 Å². The van der Waals surface area contributed by atoms with E-state index in [1.165, 1.54) is 0 Å². The third-order valence-corrected chi connectivity index (χ3v) is 4.03. The van der Waals surface area contributed by atoms with Crippen molar-refractivity contribution in [3.05, 3.63) is 34.9 Å². The SMILES string of the molecule is CC1CC(C(=O)N2Cc3ccc(C(=O)O)cc3C2)CO1. The summed E-state index contributed by atoms with van der Waals surface area (Å²) in [6, 6.07) is 5.06. The van der Waals surface area contributed by atoms with Gasteiger partial charge in [0.05, 0.1) is 24.2 Å². The van der Waals surface area contributed by atoms with Crippen molar-refractivity contribution in [2.24, 2.45) is 5.92 Å². The maximum atomic E-state index is 12.4. The molecule has 1 aromatic rings. The van der Waals surface area contributed by atoms with E-state index in [0.717, 1.165) is 17.5 Å². The van der Waals surface area contributed by atoms with Crippen molar-refractivity contribution in [1.82, 2.24) is 4.90 Å². The number of ether oxygens (including phenoxy) is 1. The molecule has 0 aliphatic carbocycles. The smallest absolute Gasteiger partial charge is 0.335 e. The van der Waals surface area contributed by atoms with Crippen molar-refractivity contribution in [3.8, 4) is 0 Å². The average Bonchev–Trinajstić information content (AvgIpc) is 3.02. The second kappa shape index (κ2) is 4.90. The summed E-state index contributed by atoms with van der Waals surface area (Å²) in [5.41, 5.74) is 2.25. The van der Waals surface area contributed by atoms with E-state index in [2.05, 4.69) is 0 Å². The molecule has 2 atom stereocenters. The van der Waals surface area contributed by atoms with E-state index in [1.807, 2.05) is 6.92 Å². The first-order chi connectivity index (χ1) is 9.54. The normalized spacial score (nSPS) is 24.8. The van der Waals surface area contributed by atoms with Crippen LogP contribution in [-0.4, -0.2) is 34.6 Å². The van der Waals surface area contributed by atoms with Gasteiger partial charge in [-0.1, -0.05) is 6.07 Å². The second-order valence-corrected chi connectivity index (χ2v) is 5.56. The molecule has 5 nitrogen and oxygen atoms in total. The molecule has 1 amide bonds. The van der Waals surface area contributed by atoms with Crippen LogP contribution in [-0.2, 0) is 22.6 Å². The van der Waals surface area contributed by atoms with Crippen LogP contribution in [0.2, 0.25) is 0 Å². The van der Waals surface area contributed by atoms with Gasteiger partial charge in [0.2, 0.25) is 5.91 Å². The zero-order valence-electron chi connectivity index (χ0n) is 11.3. The lowest BCUT2D eigenvalue weighted by molar-refractivity contribution is -0.136. The largest absolute Gasteiger partial charge is 0.478 e. The lowest BCUT2D eigenvalue weighted by Crippen LogP contribution is -2.32. The lowest BCUT2D eigenvalue weighted by atomic mass is 10.1. The Morgan fingerprint density at radius 2 is 2.05 bits per heavy atom. The van der Waals surface area contributed by atoms with Crippen LogP contribution in [0.25, 0.3) is 0 Å². The molecule has 20 heavy (non-hydrogen) atoms. The minimum absolute atomic E-state index is 0.0572. The van der Waals surface area contributed by atoms with Crippen LogP contribution >= 0.6 is 0 Å². The van der Waals surface area contributed by atoms with Crippen molar-refractivity contribution in [1.29, 1.82) is 0 Å². The standard InChI is InChI=1S/C15H17NO4/c1-9-4-13(8-20-9)14(17)16-6-11-3-2-10(15(18)19)5-12(11)7-16/h2-3,5,9,13H,4,6-8H2,1H3,(H,18,19). The van der Waals surface area contributed by atoms with E-state index in [9.17, 15) is 9.59 Å². The Balaban J connectivity index is 1.73. The number of carbonyl (C=O) groups is 2. The molecule has 2 aliphatic rings. The number of carboxylic acid groups (broad SMARTS) is 1. The molecule has 1 saturated heterocycles. The van der Waals surface area contributed by atoms with Crippen LogP contribution in [0.3, 0.4) is 0 Å². The first kappa shape index (κ1) is 13.1. The van der Waals surface area contributed by atoms with Gasteiger partial charge in [-0.2, -0.15) is 0 Å². The summed E-state index contributed by atoms with van der Waals surface area (Å²) in [6.07, 6.45) is 0.916. The maximum absolute atomic E-state index is 12.4. The van der Waals surface area contributed by atoms with Gasteiger partial charge in [-0.15, -0.1) is 0 Å². The molecule has 1 N–H and O–H groups in total. The summed E-state index contributed by atoms with van der Waals surface area (Å²) in [7, 11) is 0. The van der Waals surface area contributed by atoms with Gasteiger partial charge in [-0.25, -0.2) is 4.79 Å². The number of hydrogen-bond donors (Lipinski definition) is 1. The summed E-state index contributed by atoms with van der Waals surface area (Å²) in [4.78, 5) is 25.2. The van der Waals surface area contributed by atoms with Gasteiger partial charge in [0, 0.05) is 13.1 Å². The van der Waals surface area contributed by atoms with Crippen molar-refractivity contribution in [2.45, 2.75) is 32.5 Å². The van der Waals surface area contributed by atoms with Gasteiger partial charge in [0.25, 0.3) is 0 Å². The lowest BCUT2D eigenvalue weighted by Gasteiger charge is -2.18. The van der Waals surface area contributed by atoms with E-state index in [-0.39, 0.29) is 23.5 Å². The zero-order chi connectivity index (χ0) is 14.3. The molecule has 0 bridgehead atoms. The van der Waals surface area contributed by atoms with Crippen LogP contribution in [0.15, 0.2) is 18.2 Å². The van der Waals surface area contributed by atoms with Gasteiger partial charge in [-0.3, -0.25) is 4.79 Å². The number of aromatic carboxylic acids is 1. The predicted molar refractivity (Wildman–Crippen MR) is 71.2 cm³/mol. The third kappa shape index (κ3) is 2.29. The van der Waals surface area contributed by atoms with Gasteiger partial charge in [-0.05, 0) is 36.6 Å². The van der Waals surface area contributed by atoms with Crippen LogP contribution in [0.1, 0.15) is 34.8 Å². The van der Waals surface area contributed by atoms with E-state index >= 15 is 0 Å². The Bertz CT molecular complexity index is 569. The second-order valence-electron chi connectivity index (χ2n) is 5.56. The molecule has 1 fully saturated rings. The van der Waals surface area contributed by atoms with E-state index in [4.69, 9.17) is 9.84 Å². The van der Waals surface area contributed by atoms with Crippen molar-refractivity contribution in [3.63, 3.8) is 0 Å². The van der Waals surface area contributed by atoms with E-state index < -0.39 is 5.97 Å². The Morgan fingerprint density at radius 1 is 1.30 bits per heavy atom. The topological polar surface area (TPSA) is 66.8 Å². The average molecular weight is 275 g/mol. The molecule has 2 heterocycles. The molecule has 1 aromatic carbocycles. The number of hydrogen-bond acceptors (Lipinski definition) is 3. The Hall–Kier alpha value is -1.88. The van der Waals surface area contributed by atoms with Gasteiger partial charge in [0.1, 0.15) is 0 Å². The van der Waals surface area contributed by atoms with Crippen LogP contribution < -0.4 is 0 Å². The number of nitrogens with zero attached hydrogens (tertiary/aromatic N) is 1. The Morgan fingerprint density at radius 3 is 2.70 bits per heavy atom. The molecular weight excluding hydrogens is 258 g/mol. The molecule has 2 aliphatic heterocycles. The fraction of sp³-hybridized carbons (Fsp3) is 0.467. The summed E-state index contributed by atoms with van der Waals surface area (Å²) in [6.45, 7) is 3.54. The predicted octanol–water partition coefficient (Wildman–Crippen LogP) is 1.65.